The van der Waals surface area contributed by atoms with Gasteiger partial charge in [0.25, 0.3) is 0 Å². The Morgan fingerprint density at radius 3 is 2.83 bits per heavy atom. The summed E-state index contributed by atoms with van der Waals surface area (Å²) in [6.45, 7) is 3.90. The van der Waals surface area contributed by atoms with Crippen LogP contribution in [0.5, 0.6) is 0 Å². The zero-order valence-corrected chi connectivity index (χ0v) is 13.5. The number of carbonyl (C=O) groups is 1. The Bertz CT molecular complexity index is 906. The first-order chi connectivity index (χ1) is 11.0. The number of ether oxygens (including phenoxy) is 1. The molecule has 3 rings (SSSR count). The molecule has 0 aliphatic heterocycles. The van der Waals surface area contributed by atoms with E-state index in [1.54, 1.807) is 12.1 Å². The molecule has 4 N–H and O–H groups in total. The van der Waals surface area contributed by atoms with Crippen LogP contribution in [0, 0.1) is 13.8 Å². The summed E-state index contributed by atoms with van der Waals surface area (Å²) < 4.78 is 5.18. The summed E-state index contributed by atoms with van der Waals surface area (Å²) in [4.78, 5) is 26.4. The molecule has 0 bridgehead atoms. The van der Waals surface area contributed by atoms with Crippen molar-refractivity contribution < 1.29 is 9.53 Å². The number of fused-ring (bicyclic) bond motifs is 1. The third kappa shape index (κ3) is 2.80. The van der Waals surface area contributed by atoms with Crippen molar-refractivity contribution in [2.24, 2.45) is 0 Å². The summed E-state index contributed by atoms with van der Waals surface area (Å²) >= 11 is 1.54. The second kappa shape index (κ2) is 5.81. The molecule has 0 amide bonds. The van der Waals surface area contributed by atoms with Crippen molar-refractivity contribution in [2.45, 2.75) is 20.5 Å². The predicted octanol–water partition coefficient (Wildman–Crippen LogP) is 2.22. The summed E-state index contributed by atoms with van der Waals surface area (Å²) in [6, 6.07) is 3.23. The first-order valence-corrected chi connectivity index (χ1v) is 7.68. The minimum atomic E-state index is -0.621. The lowest BCUT2D eigenvalue weighted by Gasteiger charge is -2.06. The lowest BCUT2D eigenvalue weighted by atomic mass is 10.2. The molecular formula is C15H15N5O2S. The lowest BCUT2D eigenvalue weighted by Crippen LogP contribution is -2.12. The van der Waals surface area contributed by atoms with Crippen LogP contribution in [0.1, 0.15) is 26.8 Å². The summed E-state index contributed by atoms with van der Waals surface area (Å²) in [5.74, 6) is 0.114. The number of nitrogen functional groups attached to an aromatic ring is 2. The highest BCUT2D eigenvalue weighted by Gasteiger charge is 2.16. The fourth-order valence-electron chi connectivity index (χ4n) is 2.18. The Kier molecular flexibility index (Phi) is 3.83. The van der Waals surface area contributed by atoms with Gasteiger partial charge < -0.3 is 16.2 Å². The topological polar surface area (TPSA) is 117 Å². The average molecular weight is 329 g/mol. The van der Waals surface area contributed by atoms with Gasteiger partial charge in [0.05, 0.1) is 11.1 Å². The first kappa shape index (κ1) is 15.2. The molecule has 0 unspecified atom stereocenters. The van der Waals surface area contributed by atoms with E-state index < -0.39 is 5.97 Å². The largest absolute Gasteiger partial charge is 0.453 e. The van der Waals surface area contributed by atoms with Crippen LogP contribution in [0.25, 0.3) is 10.2 Å². The molecule has 23 heavy (non-hydrogen) atoms. The molecular weight excluding hydrogens is 314 g/mol. The van der Waals surface area contributed by atoms with Crippen LogP contribution in [0.4, 0.5) is 11.5 Å². The van der Waals surface area contributed by atoms with Gasteiger partial charge >= 0.3 is 5.97 Å². The van der Waals surface area contributed by atoms with Crippen molar-refractivity contribution in [3.05, 3.63) is 40.3 Å². The van der Waals surface area contributed by atoms with E-state index in [4.69, 9.17) is 16.2 Å². The maximum absolute atomic E-state index is 12.0. The number of aromatic nitrogens is 3. The van der Waals surface area contributed by atoms with Gasteiger partial charge in [-0.1, -0.05) is 0 Å². The van der Waals surface area contributed by atoms with Crippen molar-refractivity contribution in [1.29, 1.82) is 0 Å². The molecule has 3 aromatic heterocycles. The number of thiophene rings is 1. The average Bonchev–Trinajstić information content (AvgIpc) is 2.80. The van der Waals surface area contributed by atoms with Crippen LogP contribution >= 0.6 is 11.3 Å². The molecule has 118 valence electrons. The standard InChI is InChI=1S/C15H15N5O2S/c1-7-8(2)23-14-11(7)13(17)19-10(20-14)6-22-15(21)12-9(16)4-3-5-18-12/h3-5H,6,16H2,1-2H3,(H2,17,19,20). The van der Waals surface area contributed by atoms with Gasteiger partial charge in [0, 0.05) is 11.1 Å². The fourth-order valence-corrected chi connectivity index (χ4v) is 3.23. The zero-order valence-electron chi connectivity index (χ0n) is 12.7. The predicted molar refractivity (Wildman–Crippen MR) is 89.1 cm³/mol. The van der Waals surface area contributed by atoms with Gasteiger partial charge in [-0.05, 0) is 31.5 Å². The maximum Gasteiger partial charge on any atom is 0.359 e. The van der Waals surface area contributed by atoms with E-state index in [-0.39, 0.29) is 18.0 Å². The Morgan fingerprint density at radius 1 is 1.30 bits per heavy atom. The van der Waals surface area contributed by atoms with E-state index in [9.17, 15) is 4.79 Å². The van der Waals surface area contributed by atoms with Crippen molar-refractivity contribution in [2.75, 3.05) is 11.5 Å². The van der Waals surface area contributed by atoms with Crippen LogP contribution in [-0.4, -0.2) is 20.9 Å². The zero-order chi connectivity index (χ0) is 16.6. The van der Waals surface area contributed by atoms with E-state index in [1.807, 2.05) is 13.8 Å². The SMILES string of the molecule is Cc1sc2nc(COC(=O)c3ncccc3N)nc(N)c2c1C. The Morgan fingerprint density at radius 2 is 2.09 bits per heavy atom. The summed E-state index contributed by atoms with van der Waals surface area (Å²) in [5.41, 5.74) is 13.1. The smallest absolute Gasteiger partial charge is 0.359 e. The van der Waals surface area contributed by atoms with Crippen molar-refractivity contribution in [3.8, 4) is 0 Å². The number of carbonyl (C=O) groups excluding carboxylic acids is 1. The molecule has 0 radical (unpaired) electrons. The second-order valence-electron chi connectivity index (χ2n) is 5.01. The van der Waals surface area contributed by atoms with Crippen LogP contribution in [0.2, 0.25) is 0 Å². The Labute approximate surface area is 136 Å². The van der Waals surface area contributed by atoms with Crippen LogP contribution in [0.3, 0.4) is 0 Å². The highest BCUT2D eigenvalue weighted by Crippen LogP contribution is 2.31. The van der Waals surface area contributed by atoms with Gasteiger partial charge in [-0.25, -0.2) is 19.7 Å². The fraction of sp³-hybridized carbons (Fsp3) is 0.200. The molecule has 8 heteroatoms. The summed E-state index contributed by atoms with van der Waals surface area (Å²) in [6.07, 6.45) is 1.48. The molecule has 0 spiro atoms. The number of aryl methyl sites for hydroxylation is 2. The number of nitrogens with zero attached hydrogens (tertiary/aromatic N) is 3. The van der Waals surface area contributed by atoms with E-state index >= 15 is 0 Å². The third-order valence-electron chi connectivity index (χ3n) is 3.47. The van der Waals surface area contributed by atoms with Crippen LogP contribution < -0.4 is 11.5 Å². The number of esters is 1. The molecule has 7 nitrogen and oxygen atoms in total. The highest BCUT2D eigenvalue weighted by atomic mass is 32.1. The number of hydrogen-bond donors (Lipinski definition) is 2. The van der Waals surface area contributed by atoms with Gasteiger partial charge in [-0.3, -0.25) is 0 Å². The highest BCUT2D eigenvalue weighted by molar-refractivity contribution is 7.18. The van der Waals surface area contributed by atoms with Gasteiger partial charge in [-0.2, -0.15) is 0 Å². The van der Waals surface area contributed by atoms with E-state index in [0.717, 1.165) is 20.7 Å². The third-order valence-corrected chi connectivity index (χ3v) is 4.57. The van der Waals surface area contributed by atoms with Crippen molar-refractivity contribution in [3.63, 3.8) is 0 Å². The van der Waals surface area contributed by atoms with E-state index in [2.05, 4.69) is 15.0 Å². The van der Waals surface area contributed by atoms with Gasteiger partial charge in [0.15, 0.2) is 18.1 Å². The van der Waals surface area contributed by atoms with Crippen LogP contribution in [-0.2, 0) is 11.3 Å². The lowest BCUT2D eigenvalue weighted by molar-refractivity contribution is 0.0457. The Hall–Kier alpha value is -2.74. The Balaban J connectivity index is 1.82. The monoisotopic (exact) mass is 329 g/mol. The van der Waals surface area contributed by atoms with Gasteiger partial charge in [0.2, 0.25) is 0 Å². The van der Waals surface area contributed by atoms with Crippen molar-refractivity contribution >= 4 is 39.0 Å². The molecule has 3 heterocycles. The van der Waals surface area contributed by atoms with Crippen LogP contribution in [0.15, 0.2) is 18.3 Å². The second-order valence-corrected chi connectivity index (χ2v) is 6.21. The molecule has 0 saturated carbocycles. The molecule has 0 saturated heterocycles. The number of nitrogens with two attached hydrogens (primary N) is 2. The molecule has 0 aliphatic rings. The van der Waals surface area contributed by atoms with Crippen molar-refractivity contribution in [1.82, 2.24) is 15.0 Å². The molecule has 0 aliphatic carbocycles. The van der Waals surface area contributed by atoms with Gasteiger partial charge in [0.1, 0.15) is 10.6 Å². The normalized spacial score (nSPS) is 10.9. The number of anilines is 2. The number of rotatable bonds is 3. The number of pyridine rings is 1. The summed E-state index contributed by atoms with van der Waals surface area (Å²) in [7, 11) is 0. The first-order valence-electron chi connectivity index (χ1n) is 6.87. The quantitative estimate of drug-likeness (QED) is 0.707. The molecule has 3 aromatic rings. The minimum absolute atomic E-state index is 0.0735. The number of hydrogen-bond acceptors (Lipinski definition) is 8. The van der Waals surface area contributed by atoms with E-state index in [1.165, 1.54) is 17.5 Å². The van der Waals surface area contributed by atoms with Gasteiger partial charge in [-0.15, -0.1) is 11.3 Å². The molecule has 0 fully saturated rings. The molecule has 0 aromatic carbocycles. The van der Waals surface area contributed by atoms with E-state index in [0.29, 0.717) is 11.6 Å². The molecule has 0 atom stereocenters. The maximum atomic E-state index is 12.0. The minimum Gasteiger partial charge on any atom is -0.453 e. The summed E-state index contributed by atoms with van der Waals surface area (Å²) in [5, 5.41) is 0.858.